The van der Waals surface area contributed by atoms with Crippen molar-refractivity contribution in [3.8, 4) is 0 Å². The molecule has 2 aromatic rings. The molecule has 0 saturated carbocycles. The summed E-state index contributed by atoms with van der Waals surface area (Å²) in [6, 6.07) is 5.87. The Balaban J connectivity index is 2.43. The summed E-state index contributed by atoms with van der Waals surface area (Å²) >= 11 is 0. The predicted molar refractivity (Wildman–Crippen MR) is 73.7 cm³/mol. The number of hydrogen-bond acceptors (Lipinski definition) is 3. The van der Waals surface area contributed by atoms with Gasteiger partial charge in [-0.25, -0.2) is 4.98 Å². The second-order valence-corrected chi connectivity index (χ2v) is 5.31. The van der Waals surface area contributed by atoms with Gasteiger partial charge in [-0.15, -0.1) is 0 Å². The number of H-pyrrole nitrogens is 1. The first-order valence-corrected chi connectivity index (χ1v) is 6.31. The van der Waals surface area contributed by atoms with Crippen LogP contribution in [0.2, 0.25) is 0 Å². The van der Waals surface area contributed by atoms with Gasteiger partial charge in [-0.05, 0) is 31.7 Å². The Morgan fingerprint density at radius 3 is 2.78 bits per heavy atom. The molecule has 0 radical (unpaired) electrons. The maximum absolute atomic E-state index is 10.4. The normalized spacial score (nSPS) is 15.2. The molecule has 0 aliphatic carbocycles. The van der Waals surface area contributed by atoms with Gasteiger partial charge in [0.25, 0.3) is 0 Å². The fraction of sp³-hybridized carbons (Fsp3) is 0.500. The zero-order valence-electron chi connectivity index (χ0n) is 11.4. The molecule has 1 unspecified atom stereocenters. The Hall–Kier alpha value is -1.39. The van der Waals surface area contributed by atoms with Crippen LogP contribution in [0.15, 0.2) is 18.2 Å². The van der Waals surface area contributed by atoms with Gasteiger partial charge in [-0.2, -0.15) is 0 Å². The van der Waals surface area contributed by atoms with E-state index in [2.05, 4.69) is 29.1 Å². The number of fused-ring (bicyclic) bond motifs is 1. The van der Waals surface area contributed by atoms with Crippen LogP contribution in [-0.4, -0.2) is 28.7 Å². The van der Waals surface area contributed by atoms with Crippen molar-refractivity contribution in [3.05, 3.63) is 29.6 Å². The topological polar surface area (TPSA) is 60.9 Å². The van der Waals surface area contributed by atoms with Gasteiger partial charge in [0.2, 0.25) is 0 Å². The molecule has 0 spiro atoms. The molecular formula is C14H21N3O. The lowest BCUT2D eigenvalue weighted by molar-refractivity contribution is 0.0593. The van der Waals surface area contributed by atoms with Crippen molar-refractivity contribution in [1.29, 1.82) is 0 Å². The van der Waals surface area contributed by atoms with E-state index in [-0.39, 0.29) is 0 Å². The number of aromatic nitrogens is 2. The fourth-order valence-corrected chi connectivity index (χ4v) is 2.08. The molecule has 0 bridgehead atoms. The second kappa shape index (κ2) is 4.71. The molecule has 18 heavy (non-hydrogen) atoms. The molecule has 4 nitrogen and oxygen atoms in total. The maximum atomic E-state index is 10.4. The molecule has 4 heteroatoms. The smallest absolute Gasteiger partial charge is 0.109 e. The first-order chi connectivity index (χ1) is 8.44. The number of aromatic amines is 1. The Morgan fingerprint density at radius 2 is 2.17 bits per heavy atom. The van der Waals surface area contributed by atoms with E-state index < -0.39 is 5.60 Å². The minimum Gasteiger partial charge on any atom is -0.384 e. The van der Waals surface area contributed by atoms with Crippen LogP contribution < -0.4 is 5.32 Å². The molecule has 0 saturated heterocycles. The van der Waals surface area contributed by atoms with Crippen LogP contribution in [0, 0.1) is 0 Å². The predicted octanol–water partition coefficient (Wildman–Crippen LogP) is 2.11. The number of likely N-dealkylation sites (N-methyl/N-ethyl adjacent to an activating group) is 1. The van der Waals surface area contributed by atoms with Crippen molar-refractivity contribution < 1.29 is 5.11 Å². The van der Waals surface area contributed by atoms with E-state index in [1.807, 2.05) is 32.2 Å². The summed E-state index contributed by atoms with van der Waals surface area (Å²) in [7, 11) is 1.83. The van der Waals surface area contributed by atoms with Gasteiger partial charge < -0.3 is 15.4 Å². The molecule has 1 atom stereocenters. The van der Waals surface area contributed by atoms with E-state index in [0.717, 1.165) is 22.4 Å². The lowest BCUT2D eigenvalue weighted by atomic mass is 9.96. The van der Waals surface area contributed by atoms with Gasteiger partial charge in [0.15, 0.2) is 0 Å². The van der Waals surface area contributed by atoms with Crippen LogP contribution in [-0.2, 0) is 5.60 Å². The van der Waals surface area contributed by atoms with E-state index in [1.54, 1.807) is 0 Å². The third kappa shape index (κ3) is 2.40. The first kappa shape index (κ1) is 13.1. The number of benzene rings is 1. The molecule has 1 aromatic heterocycles. The summed E-state index contributed by atoms with van der Waals surface area (Å²) in [5, 5.41) is 13.4. The van der Waals surface area contributed by atoms with E-state index in [0.29, 0.717) is 12.5 Å². The molecule has 0 fully saturated rings. The molecule has 98 valence electrons. The van der Waals surface area contributed by atoms with Crippen molar-refractivity contribution in [2.45, 2.75) is 32.3 Å². The molecule has 3 N–H and O–H groups in total. The monoisotopic (exact) mass is 247 g/mol. The minimum atomic E-state index is -0.869. The van der Waals surface area contributed by atoms with Crippen molar-refractivity contribution in [2.75, 3.05) is 13.6 Å². The van der Waals surface area contributed by atoms with Crippen LogP contribution in [0.4, 0.5) is 0 Å². The van der Waals surface area contributed by atoms with Crippen molar-refractivity contribution in [1.82, 2.24) is 15.3 Å². The lowest BCUT2D eigenvalue weighted by Gasteiger charge is -2.23. The van der Waals surface area contributed by atoms with Gasteiger partial charge in [-0.1, -0.05) is 19.9 Å². The van der Waals surface area contributed by atoms with E-state index in [4.69, 9.17) is 0 Å². The highest BCUT2D eigenvalue weighted by Crippen LogP contribution is 2.24. The Bertz CT molecular complexity index is 543. The van der Waals surface area contributed by atoms with Crippen molar-refractivity contribution in [3.63, 3.8) is 0 Å². The molecule has 2 rings (SSSR count). The highest BCUT2D eigenvalue weighted by molar-refractivity contribution is 5.76. The number of imidazole rings is 1. The zero-order valence-corrected chi connectivity index (χ0v) is 11.4. The average Bonchev–Trinajstić information content (AvgIpc) is 2.71. The molecule has 0 aliphatic rings. The third-order valence-corrected chi connectivity index (χ3v) is 3.19. The van der Waals surface area contributed by atoms with E-state index >= 15 is 0 Å². The number of rotatable bonds is 4. The second-order valence-electron chi connectivity index (χ2n) is 5.31. The van der Waals surface area contributed by atoms with Gasteiger partial charge in [-0.3, -0.25) is 0 Å². The third-order valence-electron chi connectivity index (χ3n) is 3.19. The van der Waals surface area contributed by atoms with E-state index in [1.165, 1.54) is 0 Å². The first-order valence-electron chi connectivity index (χ1n) is 6.31. The number of hydrogen-bond donors (Lipinski definition) is 3. The Labute approximate surface area is 107 Å². The standard InChI is InChI=1S/C14H21N3O/c1-9(2)13-16-11-6-5-10(7-12(11)17-13)14(3,18)8-15-4/h5-7,9,15,18H,8H2,1-4H3,(H,16,17). The van der Waals surface area contributed by atoms with Crippen molar-refractivity contribution >= 4 is 11.0 Å². The van der Waals surface area contributed by atoms with Crippen LogP contribution in [0.3, 0.4) is 0 Å². The summed E-state index contributed by atoms with van der Waals surface area (Å²) in [5.74, 6) is 1.36. The summed E-state index contributed by atoms with van der Waals surface area (Å²) in [5.41, 5.74) is 1.95. The largest absolute Gasteiger partial charge is 0.384 e. The summed E-state index contributed by atoms with van der Waals surface area (Å²) in [4.78, 5) is 7.84. The lowest BCUT2D eigenvalue weighted by Crippen LogP contribution is -2.33. The van der Waals surface area contributed by atoms with Crippen LogP contribution >= 0.6 is 0 Å². The van der Waals surface area contributed by atoms with E-state index in [9.17, 15) is 5.11 Å². The number of nitrogens with zero attached hydrogens (tertiary/aromatic N) is 1. The highest BCUT2D eigenvalue weighted by atomic mass is 16.3. The Kier molecular flexibility index (Phi) is 3.41. The zero-order chi connectivity index (χ0) is 13.3. The quantitative estimate of drug-likeness (QED) is 0.775. The molecular weight excluding hydrogens is 226 g/mol. The summed E-state index contributed by atoms with van der Waals surface area (Å²) < 4.78 is 0. The maximum Gasteiger partial charge on any atom is 0.109 e. The van der Waals surface area contributed by atoms with Crippen LogP contribution in [0.1, 0.15) is 38.1 Å². The van der Waals surface area contributed by atoms with Crippen LogP contribution in [0.5, 0.6) is 0 Å². The van der Waals surface area contributed by atoms with Crippen molar-refractivity contribution in [2.24, 2.45) is 0 Å². The average molecular weight is 247 g/mol. The minimum absolute atomic E-state index is 0.374. The molecule has 0 amide bonds. The van der Waals surface area contributed by atoms with Gasteiger partial charge in [0, 0.05) is 12.5 Å². The highest BCUT2D eigenvalue weighted by Gasteiger charge is 2.22. The molecule has 1 heterocycles. The number of nitrogens with one attached hydrogen (secondary N) is 2. The summed E-state index contributed by atoms with van der Waals surface area (Å²) in [6.45, 7) is 6.54. The van der Waals surface area contributed by atoms with Gasteiger partial charge in [0.05, 0.1) is 16.6 Å². The molecule has 1 aromatic carbocycles. The van der Waals surface area contributed by atoms with Gasteiger partial charge in [0.1, 0.15) is 5.82 Å². The van der Waals surface area contributed by atoms with Gasteiger partial charge >= 0.3 is 0 Å². The fourth-order valence-electron chi connectivity index (χ4n) is 2.08. The number of aliphatic hydroxyl groups is 1. The SMILES string of the molecule is CNCC(C)(O)c1ccc2nc(C(C)C)[nH]c2c1. The molecule has 0 aliphatic heterocycles. The Morgan fingerprint density at radius 1 is 1.44 bits per heavy atom. The summed E-state index contributed by atoms with van der Waals surface area (Å²) in [6.07, 6.45) is 0. The van der Waals surface area contributed by atoms with Crippen LogP contribution in [0.25, 0.3) is 11.0 Å².